The Balaban J connectivity index is 1.86. The lowest BCUT2D eigenvalue weighted by atomic mass is 10.1. The Hall–Kier alpha value is -3.27. The average Bonchev–Trinajstić information content (AvgIpc) is 2.93. The Bertz CT molecular complexity index is 989. The highest BCUT2D eigenvalue weighted by Crippen LogP contribution is 2.23. The van der Waals surface area contributed by atoms with Crippen molar-refractivity contribution in [3.63, 3.8) is 0 Å². The van der Waals surface area contributed by atoms with Crippen LogP contribution in [0.25, 0.3) is 11.1 Å². The van der Waals surface area contributed by atoms with E-state index in [4.69, 9.17) is 14.5 Å². The van der Waals surface area contributed by atoms with Gasteiger partial charge in [0.25, 0.3) is 5.71 Å². The smallest absolute Gasteiger partial charge is 0.339 e. The van der Waals surface area contributed by atoms with Crippen molar-refractivity contribution in [2.24, 2.45) is 0 Å². The van der Waals surface area contributed by atoms with E-state index in [2.05, 4.69) is 10.1 Å². The molecule has 6 nitrogen and oxygen atoms in total. The van der Waals surface area contributed by atoms with Gasteiger partial charge >= 0.3 is 5.97 Å². The normalized spacial score (nSPS) is 10.6. The summed E-state index contributed by atoms with van der Waals surface area (Å²) in [6.45, 7) is 3.16. The van der Waals surface area contributed by atoms with Crippen LogP contribution in [-0.4, -0.2) is 16.1 Å². The van der Waals surface area contributed by atoms with Crippen molar-refractivity contribution >= 4 is 17.1 Å². The van der Waals surface area contributed by atoms with Crippen LogP contribution in [0.1, 0.15) is 32.9 Å². The molecule has 0 fully saturated rings. The highest BCUT2D eigenvalue weighted by molar-refractivity contribution is 6.03. The van der Waals surface area contributed by atoms with Gasteiger partial charge in [0.2, 0.25) is 0 Å². The molecule has 0 unspecified atom stereocenters. The summed E-state index contributed by atoms with van der Waals surface area (Å²) in [5, 5.41) is 13.0. The van der Waals surface area contributed by atoms with Crippen LogP contribution in [-0.2, 0) is 11.3 Å². The van der Waals surface area contributed by atoms with Gasteiger partial charge in [0.05, 0.1) is 28.3 Å². The van der Waals surface area contributed by atoms with Crippen molar-refractivity contribution in [2.45, 2.75) is 20.5 Å². The molecule has 3 aromatic rings. The van der Waals surface area contributed by atoms with Crippen molar-refractivity contribution in [3.8, 4) is 6.07 Å². The molecule has 0 amide bonds. The van der Waals surface area contributed by atoms with Crippen LogP contribution in [0.3, 0.4) is 0 Å². The third-order valence-corrected chi connectivity index (χ3v) is 3.51. The lowest BCUT2D eigenvalue weighted by molar-refractivity contribution is 0.0471. The fourth-order valence-corrected chi connectivity index (χ4v) is 2.33. The Labute approximate surface area is 136 Å². The number of hydrogen-bond acceptors (Lipinski definition) is 6. The summed E-state index contributed by atoms with van der Waals surface area (Å²) in [7, 11) is 0. The van der Waals surface area contributed by atoms with Gasteiger partial charge in [-0.1, -0.05) is 11.2 Å². The molecule has 0 bridgehead atoms. The number of fused-ring (bicyclic) bond motifs is 1. The molecule has 0 aliphatic heterocycles. The van der Waals surface area contributed by atoms with Crippen LogP contribution in [0, 0.1) is 31.0 Å². The van der Waals surface area contributed by atoms with Gasteiger partial charge in [0, 0.05) is 11.3 Å². The monoisotopic (exact) mass is 325 g/mol. The third kappa shape index (κ3) is 2.82. The molecule has 0 spiro atoms. The Morgan fingerprint density at radius 2 is 2.17 bits per heavy atom. The molecule has 0 aliphatic rings. The number of pyridine rings is 1. The summed E-state index contributed by atoms with van der Waals surface area (Å²) in [4.78, 5) is 16.5. The standard InChI is InChI=1S/C17H12FN3O3/c1-9-5-13(15-10(2)21-24-16(15)20-9)17(22)23-8-12-4-3-11(7-19)6-14(12)18/h3-6H,8H2,1-2H3. The van der Waals surface area contributed by atoms with Crippen molar-refractivity contribution in [2.75, 3.05) is 0 Å². The molecule has 0 radical (unpaired) electrons. The zero-order valence-electron chi connectivity index (χ0n) is 13.0. The SMILES string of the molecule is Cc1cc(C(=O)OCc2ccc(C#N)cc2F)c2c(C)noc2n1. The predicted octanol–water partition coefficient (Wildman–Crippen LogP) is 3.21. The summed E-state index contributed by atoms with van der Waals surface area (Å²) >= 11 is 0. The number of rotatable bonds is 3. The number of nitrogens with zero attached hydrogens (tertiary/aromatic N) is 3. The number of aryl methyl sites for hydroxylation is 2. The van der Waals surface area contributed by atoms with Crippen LogP contribution >= 0.6 is 0 Å². The lowest BCUT2D eigenvalue weighted by Gasteiger charge is -2.07. The minimum atomic E-state index is -0.624. The van der Waals surface area contributed by atoms with E-state index in [9.17, 15) is 9.18 Å². The second kappa shape index (κ2) is 6.08. The van der Waals surface area contributed by atoms with Gasteiger partial charge in [0.15, 0.2) is 0 Å². The van der Waals surface area contributed by atoms with E-state index < -0.39 is 11.8 Å². The molecule has 0 saturated carbocycles. The number of benzene rings is 1. The Morgan fingerprint density at radius 1 is 1.38 bits per heavy atom. The molecule has 7 heteroatoms. The van der Waals surface area contributed by atoms with E-state index in [-0.39, 0.29) is 29.0 Å². The maximum Gasteiger partial charge on any atom is 0.339 e. The van der Waals surface area contributed by atoms with Crippen LogP contribution in [0.5, 0.6) is 0 Å². The van der Waals surface area contributed by atoms with Crippen molar-refractivity contribution in [1.29, 1.82) is 5.26 Å². The second-order valence-electron chi connectivity index (χ2n) is 5.25. The lowest BCUT2D eigenvalue weighted by Crippen LogP contribution is -2.08. The summed E-state index contributed by atoms with van der Waals surface area (Å²) in [6.07, 6.45) is 0. The molecule has 120 valence electrons. The minimum absolute atomic E-state index is 0.186. The van der Waals surface area contributed by atoms with Gasteiger partial charge in [-0.05, 0) is 32.0 Å². The number of carbonyl (C=O) groups excluding carboxylic acids is 1. The molecular weight excluding hydrogens is 313 g/mol. The quantitative estimate of drug-likeness (QED) is 0.687. The van der Waals surface area contributed by atoms with E-state index in [1.165, 1.54) is 12.1 Å². The van der Waals surface area contributed by atoms with Crippen molar-refractivity contribution in [1.82, 2.24) is 10.1 Å². The highest BCUT2D eigenvalue weighted by atomic mass is 19.1. The first-order valence-corrected chi connectivity index (χ1v) is 7.09. The Kier molecular flexibility index (Phi) is 3.96. The maximum atomic E-state index is 13.8. The zero-order chi connectivity index (χ0) is 17.3. The number of esters is 1. The zero-order valence-corrected chi connectivity index (χ0v) is 13.0. The fourth-order valence-electron chi connectivity index (χ4n) is 2.33. The van der Waals surface area contributed by atoms with Crippen LogP contribution < -0.4 is 0 Å². The van der Waals surface area contributed by atoms with E-state index in [0.717, 1.165) is 6.07 Å². The largest absolute Gasteiger partial charge is 0.457 e. The predicted molar refractivity (Wildman–Crippen MR) is 81.5 cm³/mol. The number of halogens is 1. The first-order valence-electron chi connectivity index (χ1n) is 7.09. The van der Waals surface area contributed by atoms with E-state index in [1.54, 1.807) is 19.9 Å². The summed E-state index contributed by atoms with van der Waals surface area (Å²) < 4.78 is 24.1. The van der Waals surface area contributed by atoms with Crippen LogP contribution in [0.15, 0.2) is 28.8 Å². The first-order chi connectivity index (χ1) is 11.5. The van der Waals surface area contributed by atoms with Gasteiger partial charge in [-0.15, -0.1) is 0 Å². The molecule has 1 aromatic carbocycles. The third-order valence-electron chi connectivity index (χ3n) is 3.51. The molecule has 0 saturated heterocycles. The topological polar surface area (TPSA) is 89.0 Å². The molecule has 0 atom stereocenters. The van der Waals surface area contributed by atoms with Crippen molar-refractivity contribution < 1.29 is 18.4 Å². The van der Waals surface area contributed by atoms with Gasteiger partial charge in [0.1, 0.15) is 12.4 Å². The van der Waals surface area contributed by atoms with Gasteiger partial charge in [-0.3, -0.25) is 0 Å². The first kappa shape index (κ1) is 15.6. The Morgan fingerprint density at radius 3 is 2.88 bits per heavy atom. The number of aromatic nitrogens is 2. The number of nitriles is 1. The summed E-state index contributed by atoms with van der Waals surface area (Å²) in [5.74, 6) is -1.22. The maximum absolute atomic E-state index is 13.8. The average molecular weight is 325 g/mol. The van der Waals surface area contributed by atoms with E-state index in [0.29, 0.717) is 16.8 Å². The van der Waals surface area contributed by atoms with Gasteiger partial charge in [-0.2, -0.15) is 5.26 Å². The van der Waals surface area contributed by atoms with E-state index >= 15 is 0 Å². The minimum Gasteiger partial charge on any atom is -0.457 e. The van der Waals surface area contributed by atoms with Gasteiger partial charge < -0.3 is 9.26 Å². The highest BCUT2D eigenvalue weighted by Gasteiger charge is 2.19. The summed E-state index contributed by atoms with van der Waals surface area (Å²) in [5.41, 5.74) is 2.01. The van der Waals surface area contributed by atoms with E-state index in [1.807, 2.05) is 6.07 Å². The number of hydrogen-bond donors (Lipinski definition) is 0. The van der Waals surface area contributed by atoms with Gasteiger partial charge in [-0.25, -0.2) is 14.2 Å². The number of ether oxygens (including phenoxy) is 1. The van der Waals surface area contributed by atoms with Crippen LogP contribution in [0.2, 0.25) is 0 Å². The number of carbonyl (C=O) groups is 1. The van der Waals surface area contributed by atoms with Crippen LogP contribution in [0.4, 0.5) is 4.39 Å². The molecule has 24 heavy (non-hydrogen) atoms. The van der Waals surface area contributed by atoms with Crippen molar-refractivity contribution in [3.05, 3.63) is 58.2 Å². The second-order valence-corrected chi connectivity index (χ2v) is 5.25. The summed E-state index contributed by atoms with van der Waals surface area (Å²) in [6, 6.07) is 7.40. The molecule has 0 N–H and O–H groups in total. The molecule has 3 rings (SSSR count). The molecular formula is C17H12FN3O3. The molecule has 2 aromatic heterocycles. The molecule has 2 heterocycles. The molecule has 0 aliphatic carbocycles. The fraction of sp³-hybridized carbons (Fsp3) is 0.176.